The summed E-state index contributed by atoms with van der Waals surface area (Å²) in [6, 6.07) is 18.6. The van der Waals surface area contributed by atoms with Crippen molar-refractivity contribution >= 4 is 0 Å². The van der Waals surface area contributed by atoms with Crippen LogP contribution < -0.4 is 0 Å². The van der Waals surface area contributed by atoms with Crippen LogP contribution in [0.25, 0.3) is 11.1 Å². The van der Waals surface area contributed by atoms with Crippen LogP contribution in [0.5, 0.6) is 5.75 Å². The first kappa shape index (κ1) is 16.1. The van der Waals surface area contributed by atoms with Crippen LogP contribution >= 0.6 is 0 Å². The molecule has 0 saturated carbocycles. The van der Waals surface area contributed by atoms with E-state index in [2.05, 4.69) is 40.3 Å². The Morgan fingerprint density at radius 2 is 1.71 bits per heavy atom. The molecule has 24 heavy (non-hydrogen) atoms. The van der Waals surface area contributed by atoms with E-state index < -0.39 is 0 Å². The minimum atomic E-state index is 0.110. The number of benzene rings is 2. The summed E-state index contributed by atoms with van der Waals surface area (Å²) in [6.45, 7) is 2.05. The lowest BCUT2D eigenvalue weighted by molar-refractivity contribution is 0.177. The molecule has 0 radical (unpaired) electrons. The molecule has 122 valence electrons. The van der Waals surface area contributed by atoms with Gasteiger partial charge in [-0.2, -0.15) is 0 Å². The van der Waals surface area contributed by atoms with Crippen LogP contribution in [0.1, 0.15) is 22.8 Å². The van der Waals surface area contributed by atoms with Gasteiger partial charge in [-0.3, -0.25) is 0 Å². The second-order valence-corrected chi connectivity index (χ2v) is 5.70. The van der Waals surface area contributed by atoms with Crippen LogP contribution in [0.3, 0.4) is 0 Å². The molecule has 2 aromatic carbocycles. The normalized spacial score (nSPS) is 10.8. The van der Waals surface area contributed by atoms with Crippen molar-refractivity contribution in [2.75, 3.05) is 7.11 Å². The van der Waals surface area contributed by atoms with Gasteiger partial charge in [0.1, 0.15) is 11.5 Å². The van der Waals surface area contributed by atoms with Gasteiger partial charge in [-0.25, -0.2) is 9.97 Å². The second-order valence-electron chi connectivity index (χ2n) is 5.70. The molecule has 0 atom stereocenters. The third-order valence-corrected chi connectivity index (χ3v) is 3.85. The van der Waals surface area contributed by atoms with E-state index in [1.54, 1.807) is 14.0 Å². The average molecular weight is 320 g/mol. The van der Waals surface area contributed by atoms with E-state index >= 15 is 0 Å². The Morgan fingerprint density at radius 3 is 2.46 bits per heavy atom. The number of hydrogen-bond donors (Lipinski definition) is 1. The van der Waals surface area contributed by atoms with Crippen LogP contribution in [0, 0.1) is 6.92 Å². The minimum Gasteiger partial charge on any atom is -0.504 e. The molecule has 1 heterocycles. The molecular weight excluding hydrogens is 300 g/mol. The quantitative estimate of drug-likeness (QED) is 0.775. The molecule has 3 aromatic rings. The van der Waals surface area contributed by atoms with E-state index in [1.165, 1.54) is 11.1 Å². The third-order valence-electron chi connectivity index (χ3n) is 3.85. The topological polar surface area (TPSA) is 55.2 Å². The van der Waals surface area contributed by atoms with Gasteiger partial charge in [-0.15, -0.1) is 0 Å². The van der Waals surface area contributed by atoms with E-state index in [0.29, 0.717) is 23.6 Å². The highest BCUT2D eigenvalue weighted by Gasteiger charge is 2.11. The van der Waals surface area contributed by atoms with Gasteiger partial charge in [-0.1, -0.05) is 54.6 Å². The molecule has 0 aliphatic carbocycles. The second kappa shape index (κ2) is 7.23. The van der Waals surface area contributed by atoms with E-state index in [4.69, 9.17) is 4.74 Å². The summed E-state index contributed by atoms with van der Waals surface area (Å²) in [6.07, 6.45) is 0.610. The zero-order valence-corrected chi connectivity index (χ0v) is 13.9. The Kier molecular flexibility index (Phi) is 4.87. The molecule has 0 spiro atoms. The van der Waals surface area contributed by atoms with Crippen LogP contribution in [0.2, 0.25) is 0 Å². The number of aromatic nitrogens is 2. The monoisotopic (exact) mass is 320 g/mol. The van der Waals surface area contributed by atoms with Crippen molar-refractivity contribution in [3.05, 3.63) is 77.4 Å². The van der Waals surface area contributed by atoms with Gasteiger partial charge in [0.25, 0.3) is 0 Å². The molecule has 0 bridgehead atoms. The van der Waals surface area contributed by atoms with E-state index in [9.17, 15) is 5.11 Å². The van der Waals surface area contributed by atoms with Crippen molar-refractivity contribution in [3.63, 3.8) is 0 Å². The van der Waals surface area contributed by atoms with Crippen molar-refractivity contribution in [2.24, 2.45) is 0 Å². The predicted molar refractivity (Wildman–Crippen MR) is 93.8 cm³/mol. The molecule has 0 amide bonds. The van der Waals surface area contributed by atoms with Gasteiger partial charge in [0.15, 0.2) is 5.75 Å². The molecule has 3 rings (SSSR count). The van der Waals surface area contributed by atoms with Crippen molar-refractivity contribution in [1.29, 1.82) is 0 Å². The van der Waals surface area contributed by atoms with Crippen molar-refractivity contribution in [3.8, 4) is 16.9 Å². The number of methoxy groups -OCH3 is 1. The number of hydrogen-bond acceptors (Lipinski definition) is 4. The number of aryl methyl sites for hydroxylation is 1. The zero-order chi connectivity index (χ0) is 16.9. The Morgan fingerprint density at radius 1 is 0.958 bits per heavy atom. The number of ether oxygens (including phenoxy) is 1. The smallest absolute Gasteiger partial charge is 0.160 e. The van der Waals surface area contributed by atoms with Crippen LogP contribution in [-0.2, 0) is 17.8 Å². The lowest BCUT2D eigenvalue weighted by Gasteiger charge is -2.09. The standard InChI is InChI=1S/C20H20N2O2/c1-14-20(23)18(13-24-2)22-19(21-14)12-15-7-6-10-17(11-15)16-8-4-3-5-9-16/h3-11,23H,12-13H2,1-2H3. The largest absolute Gasteiger partial charge is 0.504 e. The molecule has 0 fully saturated rings. The van der Waals surface area contributed by atoms with Crippen LogP contribution in [0.4, 0.5) is 0 Å². The van der Waals surface area contributed by atoms with E-state index in [1.807, 2.05) is 24.3 Å². The molecule has 1 N–H and O–H groups in total. The van der Waals surface area contributed by atoms with Crippen LogP contribution in [-0.4, -0.2) is 22.2 Å². The predicted octanol–water partition coefficient (Wildman–Crippen LogP) is 3.89. The summed E-state index contributed by atoms with van der Waals surface area (Å²) in [7, 11) is 1.58. The van der Waals surface area contributed by atoms with Gasteiger partial charge < -0.3 is 9.84 Å². The fourth-order valence-electron chi connectivity index (χ4n) is 2.68. The van der Waals surface area contributed by atoms with Gasteiger partial charge in [0.05, 0.1) is 12.3 Å². The third kappa shape index (κ3) is 3.60. The Bertz CT molecular complexity index is 832. The number of rotatable bonds is 5. The highest BCUT2D eigenvalue weighted by Crippen LogP contribution is 2.23. The first-order chi connectivity index (χ1) is 11.7. The van der Waals surface area contributed by atoms with Crippen LogP contribution in [0.15, 0.2) is 54.6 Å². The van der Waals surface area contributed by atoms with Gasteiger partial charge >= 0.3 is 0 Å². The maximum atomic E-state index is 10.0. The maximum absolute atomic E-state index is 10.0. The van der Waals surface area contributed by atoms with Gasteiger partial charge in [0, 0.05) is 13.5 Å². The molecule has 4 heteroatoms. The molecular formula is C20H20N2O2. The van der Waals surface area contributed by atoms with E-state index in [0.717, 1.165) is 5.56 Å². The molecule has 0 aliphatic heterocycles. The fourth-order valence-corrected chi connectivity index (χ4v) is 2.68. The highest BCUT2D eigenvalue weighted by molar-refractivity contribution is 5.64. The van der Waals surface area contributed by atoms with Crippen molar-refractivity contribution in [1.82, 2.24) is 9.97 Å². The summed E-state index contributed by atoms with van der Waals surface area (Å²) in [4.78, 5) is 8.83. The fraction of sp³-hybridized carbons (Fsp3) is 0.200. The zero-order valence-electron chi connectivity index (χ0n) is 13.9. The number of nitrogens with zero attached hydrogens (tertiary/aromatic N) is 2. The lowest BCUT2D eigenvalue weighted by Crippen LogP contribution is -2.04. The summed E-state index contributed by atoms with van der Waals surface area (Å²) in [5.74, 6) is 0.793. The molecule has 0 unspecified atom stereocenters. The van der Waals surface area contributed by atoms with Crippen molar-refractivity contribution in [2.45, 2.75) is 20.0 Å². The first-order valence-corrected chi connectivity index (χ1v) is 7.86. The lowest BCUT2D eigenvalue weighted by atomic mass is 10.0. The molecule has 0 aliphatic rings. The Labute approximate surface area is 141 Å². The Hall–Kier alpha value is -2.72. The maximum Gasteiger partial charge on any atom is 0.160 e. The van der Waals surface area contributed by atoms with Gasteiger partial charge in [0.2, 0.25) is 0 Å². The Balaban J connectivity index is 1.89. The number of aromatic hydroxyl groups is 1. The first-order valence-electron chi connectivity index (χ1n) is 7.86. The summed E-state index contributed by atoms with van der Waals surface area (Å²) >= 11 is 0. The molecule has 4 nitrogen and oxygen atoms in total. The summed E-state index contributed by atoms with van der Waals surface area (Å²) in [5.41, 5.74) is 4.58. The van der Waals surface area contributed by atoms with Gasteiger partial charge in [-0.05, 0) is 23.6 Å². The minimum absolute atomic E-state index is 0.110. The summed E-state index contributed by atoms with van der Waals surface area (Å²) < 4.78 is 5.10. The molecule has 0 saturated heterocycles. The molecule has 1 aromatic heterocycles. The SMILES string of the molecule is COCc1nc(Cc2cccc(-c3ccccc3)c2)nc(C)c1O. The van der Waals surface area contributed by atoms with Crippen molar-refractivity contribution < 1.29 is 9.84 Å². The van der Waals surface area contributed by atoms with E-state index in [-0.39, 0.29) is 12.4 Å². The highest BCUT2D eigenvalue weighted by atomic mass is 16.5. The summed E-state index contributed by atoms with van der Waals surface area (Å²) in [5, 5.41) is 10.0. The average Bonchev–Trinajstić information content (AvgIpc) is 2.60.